The van der Waals surface area contributed by atoms with Crippen molar-refractivity contribution in [3.8, 4) is 0 Å². The summed E-state index contributed by atoms with van der Waals surface area (Å²) in [6.07, 6.45) is 3.46. The summed E-state index contributed by atoms with van der Waals surface area (Å²) < 4.78 is 5.53. The fraction of sp³-hybridized carbons (Fsp3) is 0.500. The van der Waals surface area contributed by atoms with Gasteiger partial charge >= 0.3 is 0 Å². The standard InChI is InChI=1S/C18H25ClN2O2/c1-3-10-20-17(22)14(2)21-13-18(8-11-23-12-9-18)15-6-4-5-7-16(15)19/h3-7,14,21H,1,8-13H2,2H3,(H,20,22)/t14-/m1/s1. The van der Waals surface area contributed by atoms with E-state index in [9.17, 15) is 4.79 Å². The molecule has 0 radical (unpaired) electrons. The van der Waals surface area contributed by atoms with E-state index in [0.29, 0.717) is 26.3 Å². The second kappa shape index (κ2) is 8.48. The lowest BCUT2D eigenvalue weighted by Gasteiger charge is -2.39. The second-order valence-electron chi connectivity index (χ2n) is 6.01. The predicted molar refractivity (Wildman–Crippen MR) is 93.9 cm³/mol. The molecule has 23 heavy (non-hydrogen) atoms. The minimum atomic E-state index is -0.267. The number of rotatable bonds is 7. The van der Waals surface area contributed by atoms with Gasteiger partial charge in [0.1, 0.15) is 0 Å². The van der Waals surface area contributed by atoms with E-state index in [1.807, 2.05) is 25.1 Å². The van der Waals surface area contributed by atoms with Crippen LogP contribution in [0.25, 0.3) is 0 Å². The smallest absolute Gasteiger partial charge is 0.237 e. The maximum absolute atomic E-state index is 12.0. The fourth-order valence-electron chi connectivity index (χ4n) is 2.96. The van der Waals surface area contributed by atoms with E-state index < -0.39 is 0 Å². The zero-order chi connectivity index (χ0) is 16.7. The number of hydrogen-bond acceptors (Lipinski definition) is 3. The zero-order valence-electron chi connectivity index (χ0n) is 13.6. The van der Waals surface area contributed by atoms with Gasteiger partial charge in [0, 0.05) is 36.7 Å². The molecule has 1 amide bonds. The summed E-state index contributed by atoms with van der Waals surface area (Å²) >= 11 is 6.43. The lowest BCUT2D eigenvalue weighted by atomic mass is 9.74. The van der Waals surface area contributed by atoms with Crippen LogP contribution >= 0.6 is 11.6 Å². The number of carbonyl (C=O) groups excluding carboxylic acids is 1. The lowest BCUT2D eigenvalue weighted by Crippen LogP contribution is -2.49. The molecule has 5 heteroatoms. The van der Waals surface area contributed by atoms with Crippen LogP contribution in [-0.2, 0) is 14.9 Å². The minimum Gasteiger partial charge on any atom is -0.381 e. The van der Waals surface area contributed by atoms with E-state index in [-0.39, 0.29) is 17.4 Å². The Morgan fingerprint density at radius 3 is 2.78 bits per heavy atom. The van der Waals surface area contributed by atoms with Gasteiger partial charge in [0.15, 0.2) is 0 Å². The highest BCUT2D eigenvalue weighted by atomic mass is 35.5. The Bertz CT molecular complexity index is 542. The Hall–Kier alpha value is -1.36. The van der Waals surface area contributed by atoms with E-state index in [2.05, 4.69) is 23.3 Å². The third-order valence-electron chi connectivity index (χ3n) is 4.46. The molecular weight excluding hydrogens is 312 g/mol. The Labute approximate surface area is 143 Å². The van der Waals surface area contributed by atoms with Crippen molar-refractivity contribution >= 4 is 17.5 Å². The summed E-state index contributed by atoms with van der Waals surface area (Å²) in [5.74, 6) is -0.0220. The third kappa shape index (κ3) is 4.56. The first kappa shape index (κ1) is 18.0. The Kier molecular flexibility index (Phi) is 6.63. The van der Waals surface area contributed by atoms with Gasteiger partial charge in [-0.2, -0.15) is 0 Å². The molecule has 1 fully saturated rings. The number of ether oxygens (including phenoxy) is 1. The first-order valence-electron chi connectivity index (χ1n) is 8.04. The van der Waals surface area contributed by atoms with Gasteiger partial charge in [-0.05, 0) is 31.4 Å². The van der Waals surface area contributed by atoms with Gasteiger partial charge in [-0.3, -0.25) is 4.79 Å². The van der Waals surface area contributed by atoms with E-state index >= 15 is 0 Å². The van der Waals surface area contributed by atoms with E-state index in [1.54, 1.807) is 6.08 Å². The highest BCUT2D eigenvalue weighted by Gasteiger charge is 2.36. The average Bonchev–Trinajstić information content (AvgIpc) is 2.58. The van der Waals surface area contributed by atoms with Crippen molar-refractivity contribution in [2.75, 3.05) is 26.3 Å². The molecule has 0 bridgehead atoms. The van der Waals surface area contributed by atoms with Crippen LogP contribution in [0.5, 0.6) is 0 Å². The molecule has 1 heterocycles. The number of amides is 1. The number of carbonyl (C=O) groups is 1. The zero-order valence-corrected chi connectivity index (χ0v) is 14.4. The summed E-state index contributed by atoms with van der Waals surface area (Å²) in [4.78, 5) is 12.0. The van der Waals surface area contributed by atoms with Crippen LogP contribution in [0.1, 0.15) is 25.3 Å². The Morgan fingerprint density at radius 2 is 2.13 bits per heavy atom. The molecule has 1 aromatic carbocycles. The normalized spacial score (nSPS) is 18.2. The van der Waals surface area contributed by atoms with Crippen molar-refractivity contribution in [3.05, 3.63) is 47.5 Å². The van der Waals surface area contributed by atoms with Gasteiger partial charge in [0.2, 0.25) is 5.91 Å². The van der Waals surface area contributed by atoms with Gasteiger partial charge in [-0.1, -0.05) is 35.9 Å². The van der Waals surface area contributed by atoms with Crippen LogP contribution in [0.15, 0.2) is 36.9 Å². The molecule has 1 atom stereocenters. The van der Waals surface area contributed by atoms with Crippen LogP contribution in [0.3, 0.4) is 0 Å². The van der Waals surface area contributed by atoms with Crippen molar-refractivity contribution in [3.63, 3.8) is 0 Å². The third-order valence-corrected chi connectivity index (χ3v) is 4.79. The lowest BCUT2D eigenvalue weighted by molar-refractivity contribution is -0.122. The largest absolute Gasteiger partial charge is 0.381 e. The fourth-order valence-corrected chi connectivity index (χ4v) is 3.30. The van der Waals surface area contributed by atoms with Crippen molar-refractivity contribution in [2.45, 2.75) is 31.2 Å². The van der Waals surface area contributed by atoms with Crippen LogP contribution < -0.4 is 10.6 Å². The summed E-state index contributed by atoms with van der Waals surface area (Å²) in [6, 6.07) is 7.69. The molecule has 1 aliphatic rings. The second-order valence-corrected chi connectivity index (χ2v) is 6.42. The SMILES string of the molecule is C=CCNC(=O)[C@@H](C)NCC1(c2ccccc2Cl)CCOCC1. The number of nitrogens with one attached hydrogen (secondary N) is 2. The summed E-state index contributed by atoms with van der Waals surface area (Å²) in [5, 5.41) is 6.96. The molecule has 4 nitrogen and oxygen atoms in total. The van der Waals surface area contributed by atoms with E-state index in [0.717, 1.165) is 23.4 Å². The van der Waals surface area contributed by atoms with Crippen molar-refractivity contribution < 1.29 is 9.53 Å². The molecular formula is C18H25ClN2O2. The van der Waals surface area contributed by atoms with Gasteiger partial charge in [-0.15, -0.1) is 6.58 Å². The highest BCUT2D eigenvalue weighted by molar-refractivity contribution is 6.31. The van der Waals surface area contributed by atoms with Crippen LogP contribution in [0.2, 0.25) is 5.02 Å². The van der Waals surface area contributed by atoms with Crippen LogP contribution in [0.4, 0.5) is 0 Å². The number of benzene rings is 1. The van der Waals surface area contributed by atoms with Crippen molar-refractivity contribution in [2.24, 2.45) is 0 Å². The molecule has 126 valence electrons. The number of hydrogen-bond donors (Lipinski definition) is 2. The topological polar surface area (TPSA) is 50.4 Å². The van der Waals surface area contributed by atoms with E-state index in [4.69, 9.17) is 16.3 Å². The molecule has 1 saturated heterocycles. The monoisotopic (exact) mass is 336 g/mol. The highest BCUT2D eigenvalue weighted by Crippen LogP contribution is 2.38. The molecule has 0 spiro atoms. The summed E-state index contributed by atoms with van der Waals surface area (Å²) in [5.41, 5.74) is 1.04. The van der Waals surface area contributed by atoms with Gasteiger partial charge in [-0.25, -0.2) is 0 Å². The van der Waals surface area contributed by atoms with Gasteiger partial charge in [0.05, 0.1) is 6.04 Å². The van der Waals surface area contributed by atoms with Crippen molar-refractivity contribution in [1.82, 2.24) is 10.6 Å². The number of halogens is 1. The van der Waals surface area contributed by atoms with Crippen molar-refractivity contribution in [1.29, 1.82) is 0 Å². The summed E-state index contributed by atoms with van der Waals surface area (Å²) in [7, 11) is 0. The van der Waals surface area contributed by atoms with Gasteiger partial charge in [0.25, 0.3) is 0 Å². The molecule has 1 aromatic rings. The minimum absolute atomic E-state index is 0.0220. The molecule has 0 saturated carbocycles. The predicted octanol–water partition coefficient (Wildman–Crippen LogP) is 2.67. The quantitative estimate of drug-likeness (QED) is 0.753. The molecule has 0 unspecified atom stereocenters. The Morgan fingerprint density at radius 1 is 1.43 bits per heavy atom. The average molecular weight is 337 g/mol. The first-order chi connectivity index (χ1) is 11.1. The van der Waals surface area contributed by atoms with Crippen LogP contribution in [0, 0.1) is 0 Å². The Balaban J connectivity index is 2.09. The molecule has 0 aromatic heterocycles. The molecule has 0 aliphatic carbocycles. The first-order valence-corrected chi connectivity index (χ1v) is 8.41. The summed E-state index contributed by atoms with van der Waals surface area (Å²) in [6.45, 7) is 8.08. The maximum Gasteiger partial charge on any atom is 0.237 e. The van der Waals surface area contributed by atoms with Crippen LogP contribution in [-0.4, -0.2) is 38.3 Å². The maximum atomic E-state index is 12.0. The molecule has 2 rings (SSSR count). The van der Waals surface area contributed by atoms with Gasteiger partial charge < -0.3 is 15.4 Å². The van der Waals surface area contributed by atoms with E-state index in [1.165, 1.54) is 0 Å². The molecule has 1 aliphatic heterocycles. The molecule has 2 N–H and O–H groups in total.